The largest absolute Gasteiger partial charge is 0.396 e. The average Bonchev–Trinajstić information content (AvgIpc) is 2.52. The summed E-state index contributed by atoms with van der Waals surface area (Å²) in [5.41, 5.74) is 0.0661. The molecular formula is C12H23NO2. The van der Waals surface area contributed by atoms with E-state index in [9.17, 15) is 4.79 Å². The standard InChI is InChI=1S/C12H23NO2/c1-3-6-12(2)8-11(5-4-7-14)9-13(12)10-15/h10-11,14H,3-9H2,1-2H3. The number of hydrogen-bond donors (Lipinski definition) is 1. The summed E-state index contributed by atoms with van der Waals surface area (Å²) in [5, 5.41) is 8.80. The van der Waals surface area contributed by atoms with Crippen LogP contribution >= 0.6 is 0 Å². The van der Waals surface area contributed by atoms with Gasteiger partial charge in [-0.15, -0.1) is 0 Å². The third-order valence-electron chi connectivity index (χ3n) is 3.56. The number of amides is 1. The molecule has 1 aliphatic rings. The van der Waals surface area contributed by atoms with E-state index in [1.165, 1.54) is 0 Å². The van der Waals surface area contributed by atoms with Crippen LogP contribution in [0.1, 0.15) is 46.0 Å². The number of carbonyl (C=O) groups is 1. The lowest BCUT2D eigenvalue weighted by Crippen LogP contribution is -2.39. The SMILES string of the molecule is CCCC1(C)CC(CCCO)CN1C=O. The number of hydrogen-bond acceptors (Lipinski definition) is 2. The zero-order chi connectivity index (χ0) is 11.3. The molecule has 3 heteroatoms. The van der Waals surface area contributed by atoms with Gasteiger partial charge in [-0.3, -0.25) is 4.79 Å². The van der Waals surface area contributed by atoms with Gasteiger partial charge in [-0.05, 0) is 38.5 Å². The van der Waals surface area contributed by atoms with Crippen LogP contribution in [0.25, 0.3) is 0 Å². The fraction of sp³-hybridized carbons (Fsp3) is 0.917. The van der Waals surface area contributed by atoms with E-state index < -0.39 is 0 Å². The van der Waals surface area contributed by atoms with Gasteiger partial charge in [0.15, 0.2) is 0 Å². The topological polar surface area (TPSA) is 40.5 Å². The highest BCUT2D eigenvalue weighted by Crippen LogP contribution is 2.37. The molecule has 0 spiro atoms. The maximum absolute atomic E-state index is 11.0. The van der Waals surface area contributed by atoms with Crippen LogP contribution in [0.5, 0.6) is 0 Å². The van der Waals surface area contributed by atoms with Gasteiger partial charge in [0.1, 0.15) is 0 Å². The first-order chi connectivity index (χ1) is 7.16. The van der Waals surface area contributed by atoms with Crippen LogP contribution in [0.15, 0.2) is 0 Å². The molecule has 1 N–H and O–H groups in total. The van der Waals surface area contributed by atoms with Crippen molar-refractivity contribution in [2.75, 3.05) is 13.2 Å². The van der Waals surface area contributed by atoms with Crippen LogP contribution < -0.4 is 0 Å². The Hall–Kier alpha value is -0.570. The quantitative estimate of drug-likeness (QED) is 0.683. The summed E-state index contributed by atoms with van der Waals surface area (Å²) in [4.78, 5) is 13.0. The highest BCUT2D eigenvalue weighted by molar-refractivity contribution is 5.49. The van der Waals surface area contributed by atoms with Crippen molar-refractivity contribution in [2.24, 2.45) is 5.92 Å². The highest BCUT2D eigenvalue weighted by atomic mass is 16.2. The van der Waals surface area contributed by atoms with Gasteiger partial charge in [0.25, 0.3) is 0 Å². The molecule has 0 aliphatic carbocycles. The maximum Gasteiger partial charge on any atom is 0.210 e. The number of aliphatic hydroxyl groups is 1. The van der Waals surface area contributed by atoms with Crippen molar-refractivity contribution in [3.63, 3.8) is 0 Å². The van der Waals surface area contributed by atoms with Crippen LogP contribution in [0.3, 0.4) is 0 Å². The minimum Gasteiger partial charge on any atom is -0.396 e. The van der Waals surface area contributed by atoms with Crippen molar-refractivity contribution >= 4 is 6.41 Å². The van der Waals surface area contributed by atoms with Crippen LogP contribution in [0.4, 0.5) is 0 Å². The fourth-order valence-electron chi connectivity index (χ4n) is 2.83. The number of nitrogens with zero attached hydrogens (tertiary/aromatic N) is 1. The predicted octanol–water partition coefficient (Wildman–Crippen LogP) is 1.80. The average molecular weight is 213 g/mol. The minimum absolute atomic E-state index is 0.0661. The van der Waals surface area contributed by atoms with Gasteiger partial charge in [-0.1, -0.05) is 13.3 Å². The van der Waals surface area contributed by atoms with Gasteiger partial charge in [-0.25, -0.2) is 0 Å². The van der Waals surface area contributed by atoms with Crippen molar-refractivity contribution in [2.45, 2.75) is 51.5 Å². The van der Waals surface area contributed by atoms with E-state index in [1.54, 1.807) is 0 Å². The van der Waals surface area contributed by atoms with Crippen LogP contribution in [-0.4, -0.2) is 35.1 Å². The molecule has 1 fully saturated rings. The summed E-state index contributed by atoms with van der Waals surface area (Å²) in [7, 11) is 0. The molecule has 1 rings (SSSR count). The summed E-state index contributed by atoms with van der Waals surface area (Å²) >= 11 is 0. The molecule has 3 nitrogen and oxygen atoms in total. The monoisotopic (exact) mass is 213 g/mol. The summed E-state index contributed by atoms with van der Waals surface area (Å²) in [5.74, 6) is 0.582. The summed E-state index contributed by atoms with van der Waals surface area (Å²) in [6.07, 6.45) is 6.20. The minimum atomic E-state index is 0.0661. The molecule has 0 radical (unpaired) electrons. The Bertz CT molecular complexity index is 208. The van der Waals surface area contributed by atoms with Gasteiger partial charge in [-0.2, -0.15) is 0 Å². The lowest BCUT2D eigenvalue weighted by molar-refractivity contribution is -0.121. The Labute approximate surface area is 92.5 Å². The molecule has 15 heavy (non-hydrogen) atoms. The lowest BCUT2D eigenvalue weighted by Gasteiger charge is -2.31. The molecular weight excluding hydrogens is 190 g/mol. The second-order valence-electron chi connectivity index (χ2n) is 4.94. The van der Waals surface area contributed by atoms with E-state index in [4.69, 9.17) is 5.11 Å². The molecule has 1 aliphatic heterocycles. The molecule has 0 saturated carbocycles. The number of carbonyl (C=O) groups excluding carboxylic acids is 1. The smallest absolute Gasteiger partial charge is 0.210 e. The zero-order valence-corrected chi connectivity index (χ0v) is 9.91. The van der Waals surface area contributed by atoms with Crippen LogP contribution in [0.2, 0.25) is 0 Å². The molecule has 88 valence electrons. The number of aliphatic hydroxyl groups excluding tert-OH is 1. The lowest BCUT2D eigenvalue weighted by atomic mass is 9.88. The van der Waals surface area contributed by atoms with Gasteiger partial charge >= 0.3 is 0 Å². The van der Waals surface area contributed by atoms with Crippen molar-refractivity contribution in [1.29, 1.82) is 0 Å². The summed E-state index contributed by atoms with van der Waals surface area (Å²) in [6.45, 7) is 5.49. The van der Waals surface area contributed by atoms with Crippen LogP contribution in [0, 0.1) is 5.92 Å². The summed E-state index contributed by atoms with van der Waals surface area (Å²) in [6, 6.07) is 0. The second kappa shape index (κ2) is 5.50. The van der Waals surface area contributed by atoms with E-state index in [-0.39, 0.29) is 12.1 Å². The molecule has 1 amide bonds. The van der Waals surface area contributed by atoms with Crippen molar-refractivity contribution in [3.05, 3.63) is 0 Å². The van der Waals surface area contributed by atoms with E-state index >= 15 is 0 Å². The molecule has 1 heterocycles. The van der Waals surface area contributed by atoms with Gasteiger partial charge in [0, 0.05) is 18.7 Å². The van der Waals surface area contributed by atoms with Crippen molar-refractivity contribution in [3.8, 4) is 0 Å². The third-order valence-corrected chi connectivity index (χ3v) is 3.56. The first-order valence-corrected chi connectivity index (χ1v) is 5.99. The van der Waals surface area contributed by atoms with E-state index in [1.807, 2.05) is 4.90 Å². The molecule has 0 aromatic rings. The molecule has 1 saturated heterocycles. The molecule has 2 atom stereocenters. The Kier molecular flexibility index (Phi) is 4.58. The molecule has 0 bridgehead atoms. The van der Waals surface area contributed by atoms with Gasteiger partial charge in [0.2, 0.25) is 6.41 Å². The normalized spacial score (nSPS) is 30.9. The van der Waals surface area contributed by atoms with E-state index in [2.05, 4.69) is 13.8 Å². The third kappa shape index (κ3) is 2.94. The Morgan fingerprint density at radius 2 is 2.33 bits per heavy atom. The highest BCUT2D eigenvalue weighted by Gasteiger charge is 2.39. The maximum atomic E-state index is 11.0. The Balaban J connectivity index is 2.53. The number of rotatable bonds is 6. The first kappa shape index (κ1) is 12.5. The van der Waals surface area contributed by atoms with Crippen molar-refractivity contribution < 1.29 is 9.90 Å². The predicted molar refractivity (Wildman–Crippen MR) is 60.5 cm³/mol. The van der Waals surface area contributed by atoms with Gasteiger partial charge in [0.05, 0.1) is 0 Å². The van der Waals surface area contributed by atoms with E-state index in [0.29, 0.717) is 5.92 Å². The van der Waals surface area contributed by atoms with Crippen molar-refractivity contribution in [1.82, 2.24) is 4.90 Å². The second-order valence-corrected chi connectivity index (χ2v) is 4.94. The fourth-order valence-corrected chi connectivity index (χ4v) is 2.83. The van der Waals surface area contributed by atoms with Gasteiger partial charge < -0.3 is 10.0 Å². The Morgan fingerprint density at radius 1 is 1.60 bits per heavy atom. The summed E-state index contributed by atoms with van der Waals surface area (Å²) < 4.78 is 0. The molecule has 0 aromatic carbocycles. The first-order valence-electron chi connectivity index (χ1n) is 5.99. The van der Waals surface area contributed by atoms with Crippen LogP contribution in [-0.2, 0) is 4.79 Å². The zero-order valence-electron chi connectivity index (χ0n) is 9.91. The molecule has 2 unspecified atom stereocenters. The Morgan fingerprint density at radius 3 is 2.87 bits per heavy atom. The van der Waals surface area contributed by atoms with E-state index in [0.717, 1.165) is 45.1 Å². The molecule has 0 aromatic heterocycles. The number of likely N-dealkylation sites (tertiary alicyclic amines) is 1.